The molecule has 0 N–H and O–H groups in total. The van der Waals surface area contributed by atoms with E-state index in [1.54, 1.807) is 19.0 Å². The molecular weight excluding hydrogens is 416 g/mol. The van der Waals surface area contributed by atoms with Crippen LogP contribution in [0, 0.1) is 0 Å². The molecule has 0 bridgehead atoms. The zero-order valence-electron chi connectivity index (χ0n) is 19.2. The molecule has 3 aliphatic rings. The number of guanidine groups is 1. The number of imide groups is 1. The SMILES string of the molecule is CN1C(=O)C2C(N=C(N3CCN(Cc4ccccc4)CC3)N2Cc2ccccc2)N(C)C1=O. The number of urea groups is 1. The zero-order valence-corrected chi connectivity index (χ0v) is 19.2. The van der Waals surface area contributed by atoms with Crippen LogP contribution in [0.3, 0.4) is 0 Å². The van der Waals surface area contributed by atoms with E-state index < -0.39 is 12.2 Å². The average molecular weight is 447 g/mol. The maximum Gasteiger partial charge on any atom is 0.328 e. The molecule has 33 heavy (non-hydrogen) atoms. The Labute approximate surface area is 194 Å². The Morgan fingerprint density at radius 2 is 1.39 bits per heavy atom. The molecule has 8 nitrogen and oxygen atoms in total. The molecule has 3 aliphatic heterocycles. The molecule has 2 unspecified atom stereocenters. The minimum Gasteiger partial charge on any atom is -0.340 e. The van der Waals surface area contributed by atoms with E-state index in [4.69, 9.17) is 4.99 Å². The van der Waals surface area contributed by atoms with Crippen molar-refractivity contribution in [1.82, 2.24) is 24.5 Å². The predicted octanol–water partition coefficient (Wildman–Crippen LogP) is 1.89. The van der Waals surface area contributed by atoms with Gasteiger partial charge in [-0.25, -0.2) is 9.79 Å². The van der Waals surface area contributed by atoms with Gasteiger partial charge in [-0.1, -0.05) is 60.7 Å². The highest BCUT2D eigenvalue weighted by Gasteiger charge is 2.52. The minimum absolute atomic E-state index is 0.194. The van der Waals surface area contributed by atoms with Crippen LogP contribution in [0.25, 0.3) is 0 Å². The molecule has 172 valence electrons. The van der Waals surface area contributed by atoms with E-state index in [-0.39, 0.29) is 11.9 Å². The molecule has 2 aromatic carbocycles. The number of nitrogens with zero attached hydrogens (tertiary/aromatic N) is 6. The number of piperazine rings is 1. The van der Waals surface area contributed by atoms with Gasteiger partial charge >= 0.3 is 6.03 Å². The minimum atomic E-state index is -0.504. The van der Waals surface area contributed by atoms with Gasteiger partial charge in [0, 0.05) is 53.4 Å². The summed E-state index contributed by atoms with van der Waals surface area (Å²) in [6, 6.07) is 19.8. The quantitative estimate of drug-likeness (QED) is 0.718. The summed E-state index contributed by atoms with van der Waals surface area (Å²) in [6.45, 7) is 5.01. The van der Waals surface area contributed by atoms with E-state index in [1.165, 1.54) is 10.5 Å². The molecule has 2 fully saturated rings. The van der Waals surface area contributed by atoms with E-state index >= 15 is 0 Å². The van der Waals surface area contributed by atoms with Crippen LogP contribution in [0.2, 0.25) is 0 Å². The van der Waals surface area contributed by atoms with E-state index in [0.717, 1.165) is 44.2 Å². The Morgan fingerprint density at radius 3 is 2.00 bits per heavy atom. The highest BCUT2D eigenvalue weighted by Crippen LogP contribution is 2.30. The number of hydrogen-bond acceptors (Lipinski definition) is 6. The lowest BCUT2D eigenvalue weighted by Gasteiger charge is -2.42. The molecule has 5 rings (SSSR count). The fourth-order valence-electron chi connectivity index (χ4n) is 4.91. The topological polar surface area (TPSA) is 62.7 Å². The first-order chi connectivity index (χ1) is 16.0. The summed E-state index contributed by atoms with van der Waals surface area (Å²) >= 11 is 0. The number of amides is 3. The van der Waals surface area contributed by atoms with Gasteiger partial charge in [-0.2, -0.15) is 0 Å². The van der Waals surface area contributed by atoms with Crippen molar-refractivity contribution in [1.29, 1.82) is 0 Å². The van der Waals surface area contributed by atoms with Gasteiger partial charge in [-0.3, -0.25) is 14.6 Å². The second kappa shape index (κ2) is 8.86. The van der Waals surface area contributed by atoms with E-state index in [2.05, 4.69) is 51.1 Å². The average Bonchev–Trinajstić information content (AvgIpc) is 3.22. The van der Waals surface area contributed by atoms with Gasteiger partial charge < -0.3 is 14.7 Å². The zero-order chi connectivity index (χ0) is 22.9. The van der Waals surface area contributed by atoms with E-state index in [9.17, 15) is 9.59 Å². The monoisotopic (exact) mass is 446 g/mol. The fourth-order valence-corrected chi connectivity index (χ4v) is 4.91. The maximum atomic E-state index is 13.2. The van der Waals surface area contributed by atoms with Gasteiger partial charge in [0.2, 0.25) is 0 Å². The number of carbonyl (C=O) groups excluding carboxylic acids is 2. The Morgan fingerprint density at radius 1 is 0.818 bits per heavy atom. The Kier molecular flexibility index (Phi) is 5.76. The van der Waals surface area contributed by atoms with Crippen molar-refractivity contribution in [3.05, 3.63) is 71.8 Å². The van der Waals surface area contributed by atoms with Crippen LogP contribution in [0.5, 0.6) is 0 Å². The van der Waals surface area contributed by atoms with Gasteiger partial charge in [0.25, 0.3) is 5.91 Å². The molecule has 3 amide bonds. The van der Waals surface area contributed by atoms with Gasteiger partial charge in [0.15, 0.2) is 18.2 Å². The maximum absolute atomic E-state index is 13.2. The summed E-state index contributed by atoms with van der Waals surface area (Å²) < 4.78 is 0. The van der Waals surface area contributed by atoms with Crippen LogP contribution >= 0.6 is 0 Å². The van der Waals surface area contributed by atoms with Gasteiger partial charge in [-0.15, -0.1) is 0 Å². The highest BCUT2D eigenvalue weighted by molar-refractivity contribution is 6.03. The van der Waals surface area contributed by atoms with Crippen LogP contribution in [0.1, 0.15) is 11.1 Å². The number of likely N-dealkylation sites (N-methyl/N-ethyl adjacent to an activating group) is 2. The van der Waals surface area contributed by atoms with Crippen LogP contribution in [-0.4, -0.2) is 94.9 Å². The second-order valence-electron chi connectivity index (χ2n) is 8.94. The fraction of sp³-hybridized carbons (Fsp3) is 0.400. The van der Waals surface area contributed by atoms with Crippen molar-refractivity contribution in [3.8, 4) is 0 Å². The number of rotatable bonds is 4. The molecular formula is C25H30N6O2. The third-order valence-corrected chi connectivity index (χ3v) is 6.79. The Balaban J connectivity index is 1.36. The standard InChI is InChI=1S/C25H30N6O2/c1-27-22-21(23(32)28(2)25(27)33)31(18-20-11-7-4-8-12-20)24(26-22)30-15-13-29(14-16-30)17-19-9-5-3-6-10-19/h3-12,21-22H,13-18H2,1-2H3. The van der Waals surface area contributed by atoms with Gasteiger partial charge in [0.1, 0.15) is 0 Å². The van der Waals surface area contributed by atoms with Crippen molar-refractivity contribution in [2.75, 3.05) is 40.3 Å². The van der Waals surface area contributed by atoms with Crippen LogP contribution in [-0.2, 0) is 17.9 Å². The summed E-state index contributed by atoms with van der Waals surface area (Å²) in [5.74, 6) is 0.622. The number of benzene rings is 2. The van der Waals surface area contributed by atoms with Crippen molar-refractivity contribution in [2.45, 2.75) is 25.3 Å². The molecule has 2 atom stereocenters. The number of aliphatic imine (C=N–C) groups is 1. The molecule has 0 aliphatic carbocycles. The molecule has 0 spiro atoms. The third kappa shape index (κ3) is 4.06. The van der Waals surface area contributed by atoms with Crippen molar-refractivity contribution in [3.63, 3.8) is 0 Å². The Hall–Kier alpha value is -3.39. The largest absolute Gasteiger partial charge is 0.340 e. The summed E-state index contributed by atoms with van der Waals surface area (Å²) in [4.78, 5) is 40.3. The normalized spacial score (nSPS) is 23.8. The summed E-state index contributed by atoms with van der Waals surface area (Å²) in [7, 11) is 3.28. The Bertz CT molecular complexity index is 1040. The number of fused-ring (bicyclic) bond motifs is 1. The lowest BCUT2D eigenvalue weighted by Crippen LogP contribution is -2.64. The lowest BCUT2D eigenvalue weighted by molar-refractivity contribution is -0.136. The first-order valence-electron chi connectivity index (χ1n) is 11.5. The molecule has 2 aromatic rings. The van der Waals surface area contributed by atoms with Crippen LogP contribution in [0.4, 0.5) is 4.79 Å². The molecule has 3 heterocycles. The smallest absolute Gasteiger partial charge is 0.328 e. The molecule has 0 aromatic heterocycles. The van der Waals surface area contributed by atoms with Crippen LogP contribution in [0.15, 0.2) is 65.7 Å². The van der Waals surface area contributed by atoms with Crippen molar-refractivity contribution < 1.29 is 9.59 Å². The first-order valence-corrected chi connectivity index (χ1v) is 11.5. The molecule has 8 heteroatoms. The highest BCUT2D eigenvalue weighted by atomic mass is 16.2. The lowest BCUT2D eigenvalue weighted by atomic mass is 10.1. The summed E-state index contributed by atoms with van der Waals surface area (Å²) in [5.41, 5.74) is 2.43. The van der Waals surface area contributed by atoms with Crippen molar-refractivity contribution in [2.24, 2.45) is 4.99 Å². The van der Waals surface area contributed by atoms with Gasteiger partial charge in [-0.05, 0) is 11.1 Å². The molecule has 0 radical (unpaired) electrons. The third-order valence-electron chi connectivity index (χ3n) is 6.79. The first kappa shape index (κ1) is 21.5. The molecule has 0 saturated carbocycles. The number of hydrogen-bond donors (Lipinski definition) is 0. The van der Waals surface area contributed by atoms with Gasteiger partial charge in [0.05, 0.1) is 0 Å². The predicted molar refractivity (Wildman–Crippen MR) is 126 cm³/mol. The van der Waals surface area contributed by atoms with E-state index in [0.29, 0.717) is 6.54 Å². The summed E-state index contributed by atoms with van der Waals surface area (Å²) in [5, 5.41) is 0. The molecule has 2 saturated heterocycles. The van der Waals surface area contributed by atoms with Crippen molar-refractivity contribution >= 4 is 17.9 Å². The second-order valence-corrected chi connectivity index (χ2v) is 8.94. The van der Waals surface area contributed by atoms with E-state index in [1.807, 2.05) is 24.3 Å². The van der Waals surface area contributed by atoms with Crippen LogP contribution < -0.4 is 0 Å². The summed E-state index contributed by atoms with van der Waals surface area (Å²) in [6.07, 6.45) is -0.498. The number of carbonyl (C=O) groups is 2.